The molecular formula is C15H20N6O3. The lowest BCUT2D eigenvalue weighted by molar-refractivity contribution is -0.0525. The number of imidazole rings is 1. The molecule has 3 heterocycles. The molecule has 128 valence electrons. The predicted octanol–water partition coefficient (Wildman–Crippen LogP) is 0.399. The minimum absolute atomic E-state index is 0.138. The number of aliphatic hydroxyl groups excluding tert-OH is 1. The van der Waals surface area contributed by atoms with Crippen molar-refractivity contribution in [3.05, 3.63) is 16.7 Å². The quantitative estimate of drug-likeness (QED) is 0.622. The van der Waals surface area contributed by atoms with Crippen molar-refractivity contribution in [2.24, 2.45) is 10.9 Å². The minimum atomic E-state index is -0.411. The summed E-state index contributed by atoms with van der Waals surface area (Å²) in [5.41, 5.74) is 0.381. The molecule has 0 radical (unpaired) electrons. The summed E-state index contributed by atoms with van der Waals surface area (Å²) in [6, 6.07) is 0. The Labute approximate surface area is 138 Å². The van der Waals surface area contributed by atoms with Crippen LogP contribution in [0.2, 0.25) is 0 Å². The van der Waals surface area contributed by atoms with E-state index in [2.05, 4.69) is 19.9 Å². The SMILES string of the molecule is CN(C)C=Nc1nc2c(ncn2[C@H]2C[C@H]3CC[C@@H](O)C3O2)c(=O)[nH]1. The molecule has 0 spiro atoms. The monoisotopic (exact) mass is 332 g/mol. The van der Waals surface area contributed by atoms with Gasteiger partial charge in [0.15, 0.2) is 11.2 Å². The van der Waals surface area contributed by atoms with Gasteiger partial charge in [-0.3, -0.25) is 14.3 Å². The normalized spacial score (nSPS) is 29.6. The van der Waals surface area contributed by atoms with Crippen LogP contribution in [0.15, 0.2) is 16.1 Å². The lowest BCUT2D eigenvalue weighted by Gasteiger charge is -2.16. The first-order valence-electron chi connectivity index (χ1n) is 8.04. The zero-order valence-electron chi connectivity index (χ0n) is 13.6. The van der Waals surface area contributed by atoms with E-state index in [9.17, 15) is 9.90 Å². The van der Waals surface area contributed by atoms with Crippen molar-refractivity contribution < 1.29 is 9.84 Å². The second-order valence-electron chi connectivity index (χ2n) is 6.62. The van der Waals surface area contributed by atoms with E-state index < -0.39 is 6.10 Å². The number of aliphatic hydroxyl groups is 1. The van der Waals surface area contributed by atoms with Gasteiger partial charge in [-0.1, -0.05) is 0 Å². The van der Waals surface area contributed by atoms with E-state index in [-0.39, 0.29) is 29.4 Å². The van der Waals surface area contributed by atoms with Crippen LogP contribution in [0, 0.1) is 5.92 Å². The molecular weight excluding hydrogens is 312 g/mol. The molecule has 9 heteroatoms. The van der Waals surface area contributed by atoms with Crippen LogP contribution in [-0.4, -0.2) is 62.2 Å². The van der Waals surface area contributed by atoms with Crippen molar-refractivity contribution in [1.82, 2.24) is 24.4 Å². The molecule has 4 rings (SSSR count). The summed E-state index contributed by atoms with van der Waals surface area (Å²) >= 11 is 0. The lowest BCUT2D eigenvalue weighted by atomic mass is 10.0. The third kappa shape index (κ3) is 2.49. The zero-order chi connectivity index (χ0) is 16.8. The molecule has 9 nitrogen and oxygen atoms in total. The molecule has 4 atom stereocenters. The summed E-state index contributed by atoms with van der Waals surface area (Å²) in [7, 11) is 3.67. The number of hydrogen-bond acceptors (Lipinski definition) is 6. The predicted molar refractivity (Wildman–Crippen MR) is 87.2 cm³/mol. The molecule has 24 heavy (non-hydrogen) atoms. The number of H-pyrrole nitrogens is 1. The second-order valence-corrected chi connectivity index (χ2v) is 6.62. The third-order valence-electron chi connectivity index (χ3n) is 4.64. The maximum Gasteiger partial charge on any atom is 0.280 e. The molecule has 2 aliphatic rings. The van der Waals surface area contributed by atoms with Crippen LogP contribution in [0.5, 0.6) is 0 Å². The highest BCUT2D eigenvalue weighted by molar-refractivity contribution is 5.71. The molecule has 0 amide bonds. The first kappa shape index (κ1) is 15.3. The Morgan fingerprint density at radius 3 is 3.08 bits per heavy atom. The largest absolute Gasteiger partial charge is 0.390 e. The number of nitrogens with zero attached hydrogens (tertiary/aromatic N) is 5. The van der Waals surface area contributed by atoms with E-state index in [0.29, 0.717) is 11.6 Å². The second kappa shape index (κ2) is 5.67. The molecule has 1 saturated heterocycles. The van der Waals surface area contributed by atoms with Gasteiger partial charge in [0.25, 0.3) is 5.56 Å². The van der Waals surface area contributed by atoms with Crippen molar-refractivity contribution in [2.75, 3.05) is 14.1 Å². The van der Waals surface area contributed by atoms with Crippen molar-refractivity contribution in [2.45, 2.75) is 37.7 Å². The van der Waals surface area contributed by atoms with E-state index >= 15 is 0 Å². The highest BCUT2D eigenvalue weighted by Gasteiger charge is 2.44. The van der Waals surface area contributed by atoms with Crippen LogP contribution >= 0.6 is 0 Å². The summed E-state index contributed by atoms with van der Waals surface area (Å²) < 4.78 is 7.77. The number of ether oxygens (including phenoxy) is 1. The van der Waals surface area contributed by atoms with E-state index in [4.69, 9.17) is 4.74 Å². The van der Waals surface area contributed by atoms with Crippen molar-refractivity contribution >= 4 is 23.5 Å². The third-order valence-corrected chi connectivity index (χ3v) is 4.64. The molecule has 2 aromatic heterocycles. The number of aromatic amines is 1. The highest BCUT2D eigenvalue weighted by atomic mass is 16.5. The van der Waals surface area contributed by atoms with Gasteiger partial charge < -0.3 is 14.7 Å². The fourth-order valence-electron chi connectivity index (χ4n) is 3.51. The fraction of sp³-hybridized carbons (Fsp3) is 0.600. The van der Waals surface area contributed by atoms with E-state index in [1.807, 2.05) is 14.1 Å². The van der Waals surface area contributed by atoms with Crippen molar-refractivity contribution in [3.63, 3.8) is 0 Å². The fourth-order valence-corrected chi connectivity index (χ4v) is 3.51. The van der Waals surface area contributed by atoms with Gasteiger partial charge in [0, 0.05) is 14.1 Å². The summed E-state index contributed by atoms with van der Waals surface area (Å²) in [5.74, 6) is 0.567. The van der Waals surface area contributed by atoms with Gasteiger partial charge in [-0.15, -0.1) is 0 Å². The van der Waals surface area contributed by atoms with Crippen LogP contribution in [0.1, 0.15) is 25.5 Å². The summed E-state index contributed by atoms with van der Waals surface area (Å²) in [4.78, 5) is 29.3. The Balaban J connectivity index is 1.70. The van der Waals surface area contributed by atoms with Crippen LogP contribution in [0.4, 0.5) is 5.95 Å². The van der Waals surface area contributed by atoms with Crippen molar-refractivity contribution in [1.29, 1.82) is 0 Å². The first-order chi connectivity index (χ1) is 11.5. The minimum Gasteiger partial charge on any atom is -0.390 e. The molecule has 2 aromatic rings. The van der Waals surface area contributed by atoms with Gasteiger partial charge in [0.05, 0.1) is 24.9 Å². The number of fused-ring (bicyclic) bond motifs is 2. The summed E-state index contributed by atoms with van der Waals surface area (Å²) in [5, 5.41) is 9.99. The standard InChI is InChI=1S/C15H20N6O3/c1-20(2)6-17-15-18-13-11(14(23)19-15)16-7-21(13)10-5-8-3-4-9(22)12(8)24-10/h6-10,12,22H,3-5H2,1-2H3,(H,18,19,23)/t8-,9-,10-,12?/m1/s1. The van der Waals surface area contributed by atoms with E-state index in [1.54, 1.807) is 22.1 Å². The Morgan fingerprint density at radius 1 is 1.50 bits per heavy atom. The average molecular weight is 332 g/mol. The number of hydrogen-bond donors (Lipinski definition) is 2. The summed E-state index contributed by atoms with van der Waals surface area (Å²) in [6.45, 7) is 0. The van der Waals surface area contributed by atoms with Crippen LogP contribution < -0.4 is 5.56 Å². The van der Waals surface area contributed by atoms with E-state index in [1.165, 1.54) is 0 Å². The number of aromatic nitrogens is 4. The summed E-state index contributed by atoms with van der Waals surface area (Å²) in [6.07, 6.45) is 4.86. The number of nitrogens with one attached hydrogen (secondary N) is 1. The molecule has 0 bridgehead atoms. The smallest absolute Gasteiger partial charge is 0.280 e. The van der Waals surface area contributed by atoms with Gasteiger partial charge in [0.1, 0.15) is 6.23 Å². The van der Waals surface area contributed by atoms with Crippen molar-refractivity contribution in [3.8, 4) is 0 Å². The van der Waals surface area contributed by atoms with Gasteiger partial charge in [0.2, 0.25) is 5.95 Å². The maximum absolute atomic E-state index is 12.2. The van der Waals surface area contributed by atoms with Crippen LogP contribution in [0.3, 0.4) is 0 Å². The van der Waals surface area contributed by atoms with Crippen LogP contribution in [-0.2, 0) is 4.74 Å². The van der Waals surface area contributed by atoms with Gasteiger partial charge in [-0.05, 0) is 25.2 Å². The Hall–Kier alpha value is -2.26. The van der Waals surface area contributed by atoms with Gasteiger partial charge >= 0.3 is 0 Å². The molecule has 1 aliphatic heterocycles. The first-order valence-corrected chi connectivity index (χ1v) is 8.04. The number of aliphatic imine (C=N–C) groups is 1. The lowest BCUT2D eigenvalue weighted by Crippen LogP contribution is -2.23. The van der Waals surface area contributed by atoms with Gasteiger partial charge in [-0.25, -0.2) is 9.98 Å². The Bertz CT molecular complexity index is 841. The molecule has 2 N–H and O–H groups in total. The van der Waals surface area contributed by atoms with E-state index in [0.717, 1.165) is 19.3 Å². The maximum atomic E-state index is 12.2. The zero-order valence-corrected chi connectivity index (χ0v) is 13.6. The topological polar surface area (TPSA) is 109 Å². The Morgan fingerprint density at radius 2 is 2.33 bits per heavy atom. The average Bonchev–Trinajstić information content (AvgIpc) is 3.21. The molecule has 1 saturated carbocycles. The molecule has 0 aromatic carbocycles. The molecule has 1 aliphatic carbocycles. The highest BCUT2D eigenvalue weighted by Crippen LogP contribution is 2.43. The van der Waals surface area contributed by atoms with Gasteiger partial charge in [-0.2, -0.15) is 4.98 Å². The molecule has 2 fully saturated rings. The number of rotatable bonds is 3. The van der Waals surface area contributed by atoms with Crippen LogP contribution in [0.25, 0.3) is 11.2 Å². The Kier molecular flexibility index (Phi) is 3.61. The molecule has 1 unspecified atom stereocenters.